The fourth-order valence-electron chi connectivity index (χ4n) is 4.17. The van der Waals surface area contributed by atoms with Gasteiger partial charge in [-0.25, -0.2) is 4.99 Å². The Morgan fingerprint density at radius 2 is 1.89 bits per heavy atom. The molecule has 2 aromatic heterocycles. The van der Waals surface area contributed by atoms with E-state index >= 15 is 0 Å². The van der Waals surface area contributed by atoms with Gasteiger partial charge in [0.05, 0.1) is 30.0 Å². The SMILES string of the molecule is COc1ccc([C@H]2C(C(=O)Nc3ccccc3)=C(C)N=c3s/c(=C\c4cccs4)c(=O)n32)c(OC)c1. The van der Waals surface area contributed by atoms with Crippen molar-refractivity contribution in [3.05, 3.63) is 107 Å². The Labute approximate surface area is 215 Å². The number of methoxy groups -OCH3 is 2. The molecule has 0 bridgehead atoms. The monoisotopic (exact) mass is 517 g/mol. The number of allylic oxidation sites excluding steroid dienone is 1. The molecule has 1 aliphatic heterocycles. The molecule has 0 aliphatic carbocycles. The van der Waals surface area contributed by atoms with Crippen LogP contribution in [0.4, 0.5) is 5.69 Å². The van der Waals surface area contributed by atoms with Crippen LogP contribution in [0.5, 0.6) is 11.5 Å². The first-order chi connectivity index (χ1) is 17.5. The van der Waals surface area contributed by atoms with Gasteiger partial charge in [0.2, 0.25) is 0 Å². The number of carbonyl (C=O) groups excluding carboxylic acids is 1. The van der Waals surface area contributed by atoms with E-state index in [1.54, 1.807) is 49.2 Å². The van der Waals surface area contributed by atoms with Crippen molar-refractivity contribution in [1.82, 2.24) is 4.57 Å². The largest absolute Gasteiger partial charge is 0.497 e. The van der Waals surface area contributed by atoms with Gasteiger partial charge in [0.1, 0.15) is 17.5 Å². The van der Waals surface area contributed by atoms with Crippen molar-refractivity contribution in [2.45, 2.75) is 13.0 Å². The number of anilines is 1. The van der Waals surface area contributed by atoms with Crippen LogP contribution < -0.4 is 29.7 Å². The molecule has 1 atom stereocenters. The van der Waals surface area contributed by atoms with Crippen LogP contribution in [-0.2, 0) is 4.79 Å². The molecule has 1 amide bonds. The van der Waals surface area contributed by atoms with Gasteiger partial charge in [-0.05, 0) is 48.7 Å². The van der Waals surface area contributed by atoms with Gasteiger partial charge in [0, 0.05) is 22.2 Å². The maximum atomic E-state index is 13.7. The highest BCUT2D eigenvalue weighted by Crippen LogP contribution is 2.37. The molecule has 5 rings (SSSR count). The molecule has 7 nitrogen and oxygen atoms in total. The van der Waals surface area contributed by atoms with E-state index in [0.717, 1.165) is 4.88 Å². The standard InChI is InChI=1S/C27H23N3O4S2/c1-16-23(25(31)29-17-8-5-4-6-9-17)24(20-12-11-18(33-2)14-21(20)34-3)30-26(32)22(36-27(30)28-16)15-19-10-7-13-35-19/h4-15,24H,1-3H3,(H,29,31)/b22-15-/t24-/m0/s1. The average molecular weight is 518 g/mol. The summed E-state index contributed by atoms with van der Waals surface area (Å²) in [6.07, 6.45) is 1.86. The molecule has 1 aliphatic rings. The van der Waals surface area contributed by atoms with Crippen LogP contribution in [0.1, 0.15) is 23.4 Å². The van der Waals surface area contributed by atoms with Crippen LogP contribution in [0.3, 0.4) is 0 Å². The molecular formula is C27H23N3O4S2. The second-order valence-electron chi connectivity index (χ2n) is 8.03. The summed E-state index contributed by atoms with van der Waals surface area (Å²) in [5.74, 6) is 0.779. The number of amides is 1. The molecule has 182 valence electrons. The van der Waals surface area contributed by atoms with E-state index < -0.39 is 6.04 Å². The van der Waals surface area contributed by atoms with E-state index in [2.05, 4.69) is 10.3 Å². The van der Waals surface area contributed by atoms with Crippen LogP contribution in [0.25, 0.3) is 6.08 Å². The molecule has 36 heavy (non-hydrogen) atoms. The topological polar surface area (TPSA) is 81.9 Å². The number of benzene rings is 2. The molecule has 1 N–H and O–H groups in total. The number of aromatic nitrogens is 1. The minimum atomic E-state index is -0.740. The lowest BCUT2D eigenvalue weighted by atomic mass is 9.94. The molecule has 0 unspecified atom stereocenters. The summed E-state index contributed by atoms with van der Waals surface area (Å²) in [7, 11) is 3.13. The van der Waals surface area contributed by atoms with Gasteiger partial charge in [-0.2, -0.15) is 0 Å². The quantitative estimate of drug-likeness (QED) is 0.420. The first kappa shape index (κ1) is 23.8. The molecular weight excluding hydrogens is 494 g/mol. The summed E-state index contributed by atoms with van der Waals surface area (Å²) in [6, 6.07) is 17.7. The summed E-state index contributed by atoms with van der Waals surface area (Å²) in [6.45, 7) is 1.79. The second-order valence-corrected chi connectivity index (χ2v) is 10.0. The van der Waals surface area contributed by atoms with Gasteiger partial charge in [0.15, 0.2) is 4.80 Å². The minimum Gasteiger partial charge on any atom is -0.497 e. The van der Waals surface area contributed by atoms with Crippen molar-refractivity contribution in [2.24, 2.45) is 4.99 Å². The van der Waals surface area contributed by atoms with Gasteiger partial charge < -0.3 is 14.8 Å². The Hall–Kier alpha value is -3.95. The van der Waals surface area contributed by atoms with Crippen LogP contribution in [0.15, 0.2) is 87.1 Å². The van der Waals surface area contributed by atoms with Gasteiger partial charge >= 0.3 is 0 Å². The van der Waals surface area contributed by atoms with E-state index in [0.29, 0.717) is 43.4 Å². The number of thiazole rings is 1. The number of thiophene rings is 1. The van der Waals surface area contributed by atoms with Crippen molar-refractivity contribution >= 4 is 40.3 Å². The Balaban J connectivity index is 1.73. The summed E-state index contributed by atoms with van der Waals surface area (Å²) < 4.78 is 13.2. The smallest absolute Gasteiger partial charge is 0.271 e. The minimum absolute atomic E-state index is 0.215. The number of ether oxygens (including phenoxy) is 2. The second kappa shape index (κ2) is 9.96. The highest BCUT2D eigenvalue weighted by Gasteiger charge is 2.34. The summed E-state index contributed by atoms with van der Waals surface area (Å²) in [5.41, 5.74) is 2.01. The van der Waals surface area contributed by atoms with Gasteiger partial charge in [0.25, 0.3) is 11.5 Å². The zero-order valence-electron chi connectivity index (χ0n) is 19.8. The first-order valence-corrected chi connectivity index (χ1v) is 12.8. The first-order valence-electron chi connectivity index (χ1n) is 11.1. The number of carbonyl (C=O) groups is 1. The number of hydrogen-bond acceptors (Lipinski definition) is 7. The molecule has 0 saturated heterocycles. The Bertz CT molecular complexity index is 1630. The van der Waals surface area contributed by atoms with E-state index in [1.165, 1.54) is 11.3 Å². The van der Waals surface area contributed by atoms with Crippen molar-refractivity contribution in [3.63, 3.8) is 0 Å². The summed E-state index contributed by atoms with van der Waals surface area (Å²) >= 11 is 2.86. The summed E-state index contributed by atoms with van der Waals surface area (Å²) in [4.78, 5) is 33.6. The Morgan fingerprint density at radius 1 is 1.08 bits per heavy atom. The molecule has 0 spiro atoms. The maximum Gasteiger partial charge on any atom is 0.271 e. The molecule has 0 fully saturated rings. The highest BCUT2D eigenvalue weighted by molar-refractivity contribution is 7.11. The lowest BCUT2D eigenvalue weighted by molar-refractivity contribution is -0.113. The van der Waals surface area contributed by atoms with E-state index in [1.807, 2.05) is 60.0 Å². The van der Waals surface area contributed by atoms with E-state index in [4.69, 9.17) is 9.47 Å². The molecule has 0 saturated carbocycles. The predicted octanol–water partition coefficient (Wildman–Crippen LogP) is 3.95. The zero-order valence-corrected chi connectivity index (χ0v) is 21.5. The van der Waals surface area contributed by atoms with Crippen molar-refractivity contribution in [2.75, 3.05) is 19.5 Å². The van der Waals surface area contributed by atoms with Crippen LogP contribution >= 0.6 is 22.7 Å². The average Bonchev–Trinajstić information content (AvgIpc) is 3.51. The Morgan fingerprint density at radius 3 is 2.58 bits per heavy atom. The fourth-order valence-corrected chi connectivity index (χ4v) is 5.94. The van der Waals surface area contributed by atoms with E-state index in [-0.39, 0.29) is 11.5 Å². The van der Waals surface area contributed by atoms with Crippen LogP contribution in [0, 0.1) is 0 Å². The number of nitrogens with zero attached hydrogens (tertiary/aromatic N) is 2. The molecule has 4 aromatic rings. The maximum absolute atomic E-state index is 13.7. The predicted molar refractivity (Wildman–Crippen MR) is 143 cm³/mol. The van der Waals surface area contributed by atoms with Gasteiger partial charge in [-0.3, -0.25) is 14.2 Å². The third-order valence-corrected chi connectivity index (χ3v) is 7.65. The van der Waals surface area contributed by atoms with Gasteiger partial charge in [-0.15, -0.1) is 11.3 Å². The highest BCUT2D eigenvalue weighted by atomic mass is 32.1. The number of para-hydroxylation sites is 1. The van der Waals surface area contributed by atoms with Crippen LogP contribution in [0.2, 0.25) is 0 Å². The number of rotatable bonds is 6. The Kier molecular flexibility index (Phi) is 6.58. The van der Waals surface area contributed by atoms with Crippen molar-refractivity contribution in [3.8, 4) is 11.5 Å². The molecule has 3 heterocycles. The molecule has 0 radical (unpaired) electrons. The third-order valence-electron chi connectivity index (χ3n) is 5.85. The number of hydrogen-bond donors (Lipinski definition) is 1. The lowest BCUT2D eigenvalue weighted by Crippen LogP contribution is -2.40. The van der Waals surface area contributed by atoms with Crippen molar-refractivity contribution < 1.29 is 14.3 Å². The molecule has 2 aromatic carbocycles. The normalized spacial score (nSPS) is 15.3. The summed E-state index contributed by atoms with van der Waals surface area (Å²) in [5, 5.41) is 4.92. The van der Waals surface area contributed by atoms with Gasteiger partial charge in [-0.1, -0.05) is 35.6 Å². The van der Waals surface area contributed by atoms with Crippen LogP contribution in [-0.4, -0.2) is 24.7 Å². The zero-order chi connectivity index (χ0) is 25.2. The van der Waals surface area contributed by atoms with Crippen molar-refractivity contribution in [1.29, 1.82) is 0 Å². The lowest BCUT2D eigenvalue weighted by Gasteiger charge is -2.26. The number of fused-ring (bicyclic) bond motifs is 1. The fraction of sp³-hybridized carbons (Fsp3) is 0.148. The molecule has 9 heteroatoms. The number of nitrogens with one attached hydrogen (secondary N) is 1. The van der Waals surface area contributed by atoms with E-state index in [9.17, 15) is 9.59 Å². The third kappa shape index (κ3) is 4.38.